The van der Waals surface area contributed by atoms with Crippen molar-refractivity contribution in [3.05, 3.63) is 57.5 Å². The molecule has 1 amide bonds. The van der Waals surface area contributed by atoms with E-state index in [1.165, 1.54) is 16.0 Å². The Morgan fingerprint density at radius 2 is 2.04 bits per heavy atom. The predicted octanol–water partition coefficient (Wildman–Crippen LogP) is 2.48. The summed E-state index contributed by atoms with van der Waals surface area (Å²) in [5.41, 5.74) is 3.41. The molecule has 3 aromatic rings. The Bertz CT molecular complexity index is 928. The summed E-state index contributed by atoms with van der Waals surface area (Å²) >= 11 is 1.41. The highest BCUT2D eigenvalue weighted by atomic mass is 32.1. The first-order valence-electron chi connectivity index (χ1n) is 7.48. The molecule has 6 nitrogen and oxygen atoms in total. The van der Waals surface area contributed by atoms with Gasteiger partial charge in [-0.25, -0.2) is 9.66 Å². The molecule has 2 heterocycles. The quantitative estimate of drug-likeness (QED) is 0.772. The van der Waals surface area contributed by atoms with E-state index >= 15 is 0 Å². The molecule has 0 saturated carbocycles. The number of benzene rings is 1. The average molecular weight is 343 g/mol. The van der Waals surface area contributed by atoms with Crippen LogP contribution in [0.2, 0.25) is 0 Å². The van der Waals surface area contributed by atoms with E-state index in [4.69, 9.17) is 4.74 Å². The minimum absolute atomic E-state index is 0.229. The fourth-order valence-corrected chi connectivity index (χ4v) is 3.18. The summed E-state index contributed by atoms with van der Waals surface area (Å²) in [6.07, 6.45) is 0.859. The minimum Gasteiger partial charge on any atom is -0.497 e. The zero-order chi connectivity index (χ0) is 17.1. The molecule has 1 N–H and O–H groups in total. The van der Waals surface area contributed by atoms with Crippen LogP contribution in [0.25, 0.3) is 10.2 Å². The highest BCUT2D eigenvalue weighted by Gasteiger charge is 2.11. The van der Waals surface area contributed by atoms with Crippen molar-refractivity contribution in [2.75, 3.05) is 12.5 Å². The molecule has 0 fully saturated rings. The van der Waals surface area contributed by atoms with E-state index < -0.39 is 0 Å². The number of nitrogens with one attached hydrogen (secondary N) is 1. The number of carbonyl (C=O) groups excluding carboxylic acids is 1. The second-order valence-electron chi connectivity index (χ2n) is 5.32. The highest BCUT2D eigenvalue weighted by molar-refractivity contribution is 7.16. The van der Waals surface area contributed by atoms with Gasteiger partial charge in [0.15, 0.2) is 0 Å². The molecule has 0 saturated heterocycles. The Morgan fingerprint density at radius 3 is 2.75 bits per heavy atom. The molecular formula is C17H17N3O3S. The summed E-state index contributed by atoms with van der Waals surface area (Å²) < 4.78 is 6.32. The van der Waals surface area contributed by atoms with Crippen LogP contribution in [0.5, 0.6) is 5.75 Å². The number of amides is 1. The number of aromatic nitrogens is 2. The third-order valence-corrected chi connectivity index (χ3v) is 4.51. The number of carbonyl (C=O) groups is 1. The van der Waals surface area contributed by atoms with E-state index in [1.54, 1.807) is 20.1 Å². The van der Waals surface area contributed by atoms with E-state index in [1.807, 2.05) is 29.6 Å². The zero-order valence-electron chi connectivity index (χ0n) is 13.4. The van der Waals surface area contributed by atoms with Crippen LogP contribution >= 0.6 is 11.3 Å². The number of ether oxygens (including phenoxy) is 1. The van der Waals surface area contributed by atoms with Crippen LogP contribution in [-0.2, 0) is 11.2 Å². The molecule has 2 aromatic heterocycles. The number of aryl methyl sites for hydroxylation is 2. The van der Waals surface area contributed by atoms with Crippen LogP contribution in [0.4, 0.5) is 0 Å². The fourth-order valence-electron chi connectivity index (χ4n) is 2.38. The molecule has 0 atom stereocenters. The number of nitrogens with zero attached hydrogens (tertiary/aromatic N) is 2. The second-order valence-corrected chi connectivity index (χ2v) is 6.22. The van der Waals surface area contributed by atoms with Crippen LogP contribution < -0.4 is 15.7 Å². The van der Waals surface area contributed by atoms with E-state index in [0.29, 0.717) is 22.5 Å². The van der Waals surface area contributed by atoms with Gasteiger partial charge in [0.1, 0.15) is 16.4 Å². The monoisotopic (exact) mass is 343 g/mol. The van der Waals surface area contributed by atoms with Gasteiger partial charge in [0.2, 0.25) is 5.91 Å². The van der Waals surface area contributed by atoms with Crippen LogP contribution in [0.15, 0.2) is 40.5 Å². The van der Waals surface area contributed by atoms with Crippen molar-refractivity contribution in [1.29, 1.82) is 0 Å². The second kappa shape index (κ2) is 6.84. The van der Waals surface area contributed by atoms with Crippen molar-refractivity contribution in [3.8, 4) is 5.75 Å². The van der Waals surface area contributed by atoms with Crippen LogP contribution in [0, 0.1) is 6.92 Å². The minimum atomic E-state index is -0.253. The Balaban J connectivity index is 1.69. The first kappa shape index (κ1) is 16.2. The summed E-state index contributed by atoms with van der Waals surface area (Å²) in [4.78, 5) is 29.6. The molecule has 0 spiro atoms. The van der Waals surface area contributed by atoms with Gasteiger partial charge in [-0.05, 0) is 42.5 Å². The summed E-state index contributed by atoms with van der Waals surface area (Å²) in [5, 5.41) is 2.33. The molecule has 0 aliphatic rings. The van der Waals surface area contributed by atoms with Gasteiger partial charge in [0.25, 0.3) is 5.56 Å². The maximum Gasteiger partial charge on any atom is 0.281 e. The van der Waals surface area contributed by atoms with Gasteiger partial charge >= 0.3 is 0 Å². The lowest BCUT2D eigenvalue weighted by Gasteiger charge is -2.11. The Labute approximate surface area is 142 Å². The molecule has 24 heavy (non-hydrogen) atoms. The molecule has 3 rings (SSSR count). The van der Waals surface area contributed by atoms with E-state index in [9.17, 15) is 9.59 Å². The number of methoxy groups -OCH3 is 1. The molecule has 1 aromatic carbocycles. The third kappa shape index (κ3) is 3.30. The topological polar surface area (TPSA) is 73.2 Å². The molecule has 0 aliphatic carbocycles. The lowest BCUT2D eigenvalue weighted by atomic mass is 10.1. The van der Waals surface area contributed by atoms with Crippen LogP contribution in [-0.4, -0.2) is 22.7 Å². The van der Waals surface area contributed by atoms with Gasteiger partial charge in [-0.1, -0.05) is 12.1 Å². The molecule has 0 aliphatic heterocycles. The average Bonchev–Trinajstić information content (AvgIpc) is 3.05. The Hall–Kier alpha value is -2.67. The Kier molecular flexibility index (Phi) is 4.61. The van der Waals surface area contributed by atoms with Crippen molar-refractivity contribution < 1.29 is 9.53 Å². The van der Waals surface area contributed by atoms with Crippen molar-refractivity contribution in [2.24, 2.45) is 0 Å². The third-order valence-electron chi connectivity index (χ3n) is 3.70. The molecule has 0 unspecified atom stereocenters. The van der Waals surface area contributed by atoms with E-state index in [2.05, 4.69) is 10.4 Å². The highest BCUT2D eigenvalue weighted by Crippen LogP contribution is 2.15. The molecule has 124 valence electrons. The first-order valence-corrected chi connectivity index (χ1v) is 8.36. The number of thiophene rings is 1. The standard InChI is InChI=1S/C17H17N3O3S/c1-11-18-16-14(9-10-24-16)17(22)20(11)19-15(21)8-5-12-3-6-13(23-2)7-4-12/h3-4,6-7,9-10H,5,8H2,1-2H3,(H,19,21). The molecule has 0 bridgehead atoms. The number of rotatable bonds is 5. The van der Waals surface area contributed by atoms with E-state index in [0.717, 1.165) is 11.3 Å². The first-order chi connectivity index (χ1) is 11.6. The summed E-state index contributed by atoms with van der Waals surface area (Å²) in [5.74, 6) is 1.01. The smallest absolute Gasteiger partial charge is 0.281 e. The van der Waals surface area contributed by atoms with Gasteiger partial charge in [0.05, 0.1) is 12.5 Å². The van der Waals surface area contributed by atoms with Gasteiger partial charge in [-0.15, -0.1) is 11.3 Å². The number of fused-ring (bicyclic) bond motifs is 1. The predicted molar refractivity (Wildman–Crippen MR) is 94.3 cm³/mol. The summed E-state index contributed by atoms with van der Waals surface area (Å²) in [6.45, 7) is 1.70. The maximum atomic E-state index is 12.4. The van der Waals surface area contributed by atoms with Crippen molar-refractivity contribution in [3.63, 3.8) is 0 Å². The van der Waals surface area contributed by atoms with Crippen LogP contribution in [0.1, 0.15) is 17.8 Å². The zero-order valence-corrected chi connectivity index (χ0v) is 14.2. The van der Waals surface area contributed by atoms with Gasteiger partial charge < -0.3 is 4.74 Å². The molecular weight excluding hydrogens is 326 g/mol. The molecule has 7 heteroatoms. The number of hydrogen-bond acceptors (Lipinski definition) is 5. The Morgan fingerprint density at radius 1 is 1.29 bits per heavy atom. The van der Waals surface area contributed by atoms with Crippen molar-refractivity contribution in [2.45, 2.75) is 19.8 Å². The SMILES string of the molecule is COc1ccc(CCC(=O)Nn2c(C)nc3sccc3c2=O)cc1. The van der Waals surface area contributed by atoms with E-state index in [-0.39, 0.29) is 17.9 Å². The maximum absolute atomic E-state index is 12.4. The van der Waals surface area contributed by atoms with Crippen molar-refractivity contribution in [1.82, 2.24) is 9.66 Å². The lowest BCUT2D eigenvalue weighted by molar-refractivity contribution is -0.117. The fraction of sp³-hybridized carbons (Fsp3) is 0.235. The summed E-state index contributed by atoms with van der Waals surface area (Å²) in [7, 11) is 1.61. The van der Waals surface area contributed by atoms with Crippen LogP contribution in [0.3, 0.4) is 0 Å². The largest absolute Gasteiger partial charge is 0.497 e. The van der Waals surface area contributed by atoms with Gasteiger partial charge in [-0.3, -0.25) is 15.0 Å². The van der Waals surface area contributed by atoms with Gasteiger partial charge in [0, 0.05) is 6.42 Å². The summed E-state index contributed by atoms with van der Waals surface area (Å²) in [6, 6.07) is 9.27. The normalized spacial score (nSPS) is 10.8. The number of hydrogen-bond donors (Lipinski definition) is 1. The molecule has 0 radical (unpaired) electrons. The lowest BCUT2D eigenvalue weighted by Crippen LogP contribution is -2.35. The van der Waals surface area contributed by atoms with Crippen molar-refractivity contribution >= 4 is 27.5 Å². The van der Waals surface area contributed by atoms with Gasteiger partial charge in [-0.2, -0.15) is 0 Å².